The molecule has 1 aliphatic rings. The van der Waals surface area contributed by atoms with Gasteiger partial charge in [-0.3, -0.25) is 10.1 Å². The Morgan fingerprint density at radius 1 is 1.32 bits per heavy atom. The van der Waals surface area contributed by atoms with Gasteiger partial charge >= 0.3 is 0 Å². The number of halogens is 1. The topological polar surface area (TPSA) is 67.3 Å². The highest BCUT2D eigenvalue weighted by Crippen LogP contribution is 2.30. The van der Waals surface area contributed by atoms with Crippen LogP contribution in [0.4, 0.5) is 10.8 Å². The van der Waals surface area contributed by atoms with E-state index in [-0.39, 0.29) is 11.9 Å². The van der Waals surface area contributed by atoms with Gasteiger partial charge in [-0.25, -0.2) is 9.97 Å². The summed E-state index contributed by atoms with van der Waals surface area (Å²) in [5, 5.41) is 5.81. The fraction of sp³-hybridized carbons (Fsp3) is 0.250. The maximum atomic E-state index is 12.5. The molecule has 1 N–H and O–H groups in total. The van der Waals surface area contributed by atoms with Crippen molar-refractivity contribution in [1.29, 1.82) is 0 Å². The van der Waals surface area contributed by atoms with Crippen molar-refractivity contribution in [1.82, 2.24) is 9.97 Å². The fourth-order valence-corrected chi connectivity index (χ4v) is 4.02. The number of nitrogens with one attached hydrogen (secondary N) is 1. The zero-order valence-electron chi connectivity index (χ0n) is 15.3. The Balaban J connectivity index is 1.45. The van der Waals surface area contributed by atoms with E-state index in [1.807, 2.05) is 35.7 Å². The molecule has 28 heavy (non-hydrogen) atoms. The van der Waals surface area contributed by atoms with Crippen molar-refractivity contribution in [3.8, 4) is 11.3 Å². The second-order valence-electron chi connectivity index (χ2n) is 6.49. The van der Waals surface area contributed by atoms with Crippen LogP contribution in [0.15, 0.2) is 48.0 Å². The third kappa shape index (κ3) is 4.01. The summed E-state index contributed by atoms with van der Waals surface area (Å²) in [7, 11) is 0. The number of benzene rings is 1. The van der Waals surface area contributed by atoms with Gasteiger partial charge in [0.1, 0.15) is 5.69 Å². The van der Waals surface area contributed by atoms with Gasteiger partial charge in [0.15, 0.2) is 5.13 Å². The van der Waals surface area contributed by atoms with Gasteiger partial charge in [-0.05, 0) is 25.1 Å². The molecule has 2 aromatic heterocycles. The van der Waals surface area contributed by atoms with Crippen LogP contribution in [0.2, 0.25) is 5.02 Å². The molecule has 1 aliphatic heterocycles. The molecule has 3 aromatic rings. The largest absolute Gasteiger partial charge is 0.377 e. The fourth-order valence-electron chi connectivity index (χ4n) is 3.09. The van der Waals surface area contributed by atoms with E-state index in [4.69, 9.17) is 16.3 Å². The predicted octanol–water partition coefficient (Wildman–Crippen LogP) is 4.34. The number of anilines is 2. The smallest absolute Gasteiger partial charge is 0.276 e. The van der Waals surface area contributed by atoms with Crippen molar-refractivity contribution in [3.05, 3.63) is 58.7 Å². The lowest BCUT2D eigenvalue weighted by molar-refractivity contribution is 0.0988. The molecule has 0 saturated carbocycles. The first-order valence-corrected chi connectivity index (χ1v) is 10.2. The Morgan fingerprint density at radius 3 is 2.93 bits per heavy atom. The third-order valence-electron chi connectivity index (χ3n) is 4.55. The number of pyridine rings is 1. The molecule has 6 nitrogen and oxygen atoms in total. The molecule has 1 aromatic carbocycles. The van der Waals surface area contributed by atoms with Crippen molar-refractivity contribution < 1.29 is 9.53 Å². The molecule has 0 radical (unpaired) electrons. The standard InChI is InChI=1S/C20H19ClN4O2S/c1-13-11-27-9-8-25(13)14-6-7-17(22-10-14)19(26)24-20-23-18(12-28-20)15-4-2-3-5-16(15)21/h2-7,10,12-13H,8-9,11H2,1H3,(H,23,24,26). The van der Waals surface area contributed by atoms with Crippen LogP contribution in [-0.2, 0) is 4.74 Å². The molecular formula is C20H19ClN4O2S. The minimum absolute atomic E-state index is 0.286. The molecule has 0 aliphatic carbocycles. The summed E-state index contributed by atoms with van der Waals surface area (Å²) >= 11 is 7.56. The molecule has 1 amide bonds. The Kier molecular flexibility index (Phi) is 5.57. The first-order valence-electron chi connectivity index (χ1n) is 8.94. The summed E-state index contributed by atoms with van der Waals surface area (Å²) in [6.45, 7) is 4.32. The highest BCUT2D eigenvalue weighted by molar-refractivity contribution is 7.14. The van der Waals surface area contributed by atoms with Crippen LogP contribution in [0.1, 0.15) is 17.4 Å². The molecule has 1 fully saturated rings. The Hall–Kier alpha value is -2.48. The zero-order chi connectivity index (χ0) is 19.5. The van der Waals surface area contributed by atoms with E-state index in [2.05, 4.69) is 27.1 Å². The molecule has 4 rings (SSSR count). The van der Waals surface area contributed by atoms with Gasteiger partial charge < -0.3 is 9.64 Å². The van der Waals surface area contributed by atoms with Crippen LogP contribution in [0.5, 0.6) is 0 Å². The van der Waals surface area contributed by atoms with Gasteiger partial charge in [0.2, 0.25) is 0 Å². The number of rotatable bonds is 4. The number of ether oxygens (including phenoxy) is 1. The SMILES string of the molecule is CC1COCCN1c1ccc(C(=O)Nc2nc(-c3ccccc3Cl)cs2)nc1. The number of morpholine rings is 1. The molecule has 1 saturated heterocycles. The van der Waals surface area contributed by atoms with Gasteiger partial charge in [0.05, 0.1) is 30.8 Å². The first kappa shape index (κ1) is 18.9. The van der Waals surface area contributed by atoms with Crippen molar-refractivity contribution in [2.45, 2.75) is 13.0 Å². The molecule has 8 heteroatoms. The van der Waals surface area contributed by atoms with E-state index in [0.29, 0.717) is 29.1 Å². The zero-order valence-corrected chi connectivity index (χ0v) is 16.8. The van der Waals surface area contributed by atoms with Crippen LogP contribution in [0.25, 0.3) is 11.3 Å². The normalized spacial score (nSPS) is 16.8. The van der Waals surface area contributed by atoms with Gasteiger partial charge in [-0.1, -0.05) is 29.8 Å². The van der Waals surface area contributed by atoms with Gasteiger partial charge in [-0.15, -0.1) is 11.3 Å². The lowest BCUT2D eigenvalue weighted by Crippen LogP contribution is -2.43. The Bertz CT molecular complexity index is 976. The summed E-state index contributed by atoms with van der Waals surface area (Å²) in [6, 6.07) is 11.4. The number of thiazole rings is 1. The number of aromatic nitrogens is 2. The van der Waals surface area contributed by atoms with E-state index < -0.39 is 0 Å². The molecule has 3 heterocycles. The molecule has 1 atom stereocenters. The van der Waals surface area contributed by atoms with E-state index in [1.54, 1.807) is 12.3 Å². The molecule has 0 bridgehead atoms. The monoisotopic (exact) mass is 414 g/mol. The number of carbonyl (C=O) groups is 1. The average molecular weight is 415 g/mol. The third-order valence-corrected chi connectivity index (χ3v) is 5.64. The summed E-state index contributed by atoms with van der Waals surface area (Å²) < 4.78 is 5.46. The van der Waals surface area contributed by atoms with Crippen molar-refractivity contribution in [2.24, 2.45) is 0 Å². The number of nitrogens with zero attached hydrogens (tertiary/aromatic N) is 3. The maximum absolute atomic E-state index is 12.5. The van der Waals surface area contributed by atoms with Crippen molar-refractivity contribution in [2.75, 3.05) is 30.0 Å². The predicted molar refractivity (Wildman–Crippen MR) is 112 cm³/mol. The van der Waals surface area contributed by atoms with E-state index in [0.717, 1.165) is 23.5 Å². The highest BCUT2D eigenvalue weighted by Gasteiger charge is 2.20. The van der Waals surface area contributed by atoms with Gasteiger partial charge in [-0.2, -0.15) is 0 Å². The molecular weight excluding hydrogens is 396 g/mol. The lowest BCUT2D eigenvalue weighted by atomic mass is 10.2. The van der Waals surface area contributed by atoms with Crippen LogP contribution in [0.3, 0.4) is 0 Å². The average Bonchev–Trinajstić information content (AvgIpc) is 3.17. The molecule has 1 unspecified atom stereocenters. The van der Waals surface area contributed by atoms with E-state index in [9.17, 15) is 4.79 Å². The summed E-state index contributed by atoms with van der Waals surface area (Å²) in [6.07, 6.45) is 1.73. The summed E-state index contributed by atoms with van der Waals surface area (Å²) in [5.41, 5.74) is 2.90. The van der Waals surface area contributed by atoms with Gasteiger partial charge in [0.25, 0.3) is 5.91 Å². The number of amides is 1. The van der Waals surface area contributed by atoms with E-state index in [1.165, 1.54) is 11.3 Å². The van der Waals surface area contributed by atoms with Crippen molar-refractivity contribution in [3.63, 3.8) is 0 Å². The summed E-state index contributed by atoms with van der Waals surface area (Å²) in [4.78, 5) is 23.5. The minimum atomic E-state index is -0.290. The second kappa shape index (κ2) is 8.26. The van der Waals surface area contributed by atoms with Crippen LogP contribution >= 0.6 is 22.9 Å². The quantitative estimate of drug-likeness (QED) is 0.688. The molecule has 0 spiro atoms. The van der Waals surface area contributed by atoms with Gasteiger partial charge in [0, 0.05) is 28.6 Å². The second-order valence-corrected chi connectivity index (χ2v) is 7.76. The van der Waals surface area contributed by atoms with Crippen LogP contribution in [-0.4, -0.2) is 41.7 Å². The van der Waals surface area contributed by atoms with Crippen LogP contribution < -0.4 is 10.2 Å². The highest BCUT2D eigenvalue weighted by atomic mass is 35.5. The van der Waals surface area contributed by atoms with Crippen LogP contribution in [0, 0.1) is 0 Å². The van der Waals surface area contributed by atoms with E-state index >= 15 is 0 Å². The molecule has 144 valence electrons. The summed E-state index contributed by atoms with van der Waals surface area (Å²) in [5.74, 6) is -0.290. The minimum Gasteiger partial charge on any atom is -0.377 e. The lowest BCUT2D eigenvalue weighted by Gasteiger charge is -2.34. The Labute approximate surface area is 172 Å². The number of hydrogen-bond donors (Lipinski definition) is 1. The first-order chi connectivity index (χ1) is 13.6. The van der Waals surface area contributed by atoms with Crippen molar-refractivity contribution >= 4 is 39.7 Å². The Morgan fingerprint density at radius 2 is 2.18 bits per heavy atom. The number of carbonyl (C=O) groups excluding carboxylic acids is 1. The maximum Gasteiger partial charge on any atom is 0.276 e. The number of hydrogen-bond acceptors (Lipinski definition) is 6.